The second kappa shape index (κ2) is 7.11. The maximum atomic E-state index is 12.2. The van der Waals surface area contributed by atoms with E-state index in [0.717, 1.165) is 6.42 Å². The van der Waals surface area contributed by atoms with E-state index in [1.54, 1.807) is 0 Å². The van der Waals surface area contributed by atoms with Gasteiger partial charge in [0.2, 0.25) is 0 Å². The van der Waals surface area contributed by atoms with Crippen molar-refractivity contribution in [3.8, 4) is 5.75 Å². The van der Waals surface area contributed by atoms with Gasteiger partial charge in [-0.1, -0.05) is 13.3 Å². The Morgan fingerprint density at radius 3 is 2.50 bits per heavy atom. The second-order valence-electron chi connectivity index (χ2n) is 3.66. The van der Waals surface area contributed by atoms with Crippen molar-refractivity contribution in [3.63, 3.8) is 0 Å². The molecule has 1 aromatic rings. The van der Waals surface area contributed by atoms with Crippen molar-refractivity contribution in [2.75, 3.05) is 0 Å². The Morgan fingerprint density at radius 1 is 1.39 bits per heavy atom. The highest BCUT2D eigenvalue weighted by atomic mass is 35.5. The molecule has 1 rings (SSSR count). The lowest BCUT2D eigenvalue weighted by molar-refractivity contribution is -0.0328. The van der Waals surface area contributed by atoms with E-state index in [-0.39, 0.29) is 34.8 Å². The van der Waals surface area contributed by atoms with Gasteiger partial charge in [-0.15, -0.1) is 12.4 Å². The monoisotopic (exact) mass is 301 g/mol. The molecular weight excluding hydrogens is 287 g/mol. The van der Waals surface area contributed by atoms with Gasteiger partial charge in [0.1, 0.15) is 5.75 Å². The highest BCUT2D eigenvalue weighted by Gasteiger charge is 2.29. The van der Waals surface area contributed by atoms with Gasteiger partial charge < -0.3 is 10.8 Å². The van der Waals surface area contributed by atoms with Gasteiger partial charge in [0.25, 0.3) is 0 Å². The van der Waals surface area contributed by atoms with Crippen LogP contribution < -0.4 is 5.73 Å². The van der Waals surface area contributed by atoms with E-state index in [1.807, 2.05) is 6.92 Å². The number of hydrogen-bond donors (Lipinski definition) is 2. The Bertz CT molecular complexity index is 387. The van der Waals surface area contributed by atoms with E-state index in [0.29, 0.717) is 12.0 Å². The molecule has 0 bridgehead atoms. The minimum absolute atomic E-state index is 0. The summed E-state index contributed by atoms with van der Waals surface area (Å²) in [6.07, 6.45) is 1.42. The Labute approximate surface area is 114 Å². The van der Waals surface area contributed by atoms with E-state index in [1.165, 1.54) is 18.2 Å². The number of phenols is 1. The van der Waals surface area contributed by atoms with Crippen LogP contribution in [0.25, 0.3) is 0 Å². The third-order valence-electron chi connectivity index (χ3n) is 2.23. The summed E-state index contributed by atoms with van der Waals surface area (Å²) >= 11 is -0.208. The van der Waals surface area contributed by atoms with Crippen LogP contribution in [0.2, 0.25) is 0 Å². The maximum Gasteiger partial charge on any atom is 0.446 e. The molecule has 0 fully saturated rings. The predicted molar refractivity (Wildman–Crippen MR) is 69.1 cm³/mol. The molecule has 104 valence electrons. The van der Waals surface area contributed by atoms with Gasteiger partial charge in [-0.25, -0.2) is 0 Å². The SMILES string of the molecule is CCC[C@H](N)c1cc(SC(F)(F)F)ccc1O.Cl. The molecule has 0 saturated heterocycles. The number of hydrogen-bond acceptors (Lipinski definition) is 3. The first-order valence-electron chi connectivity index (χ1n) is 5.17. The first-order valence-corrected chi connectivity index (χ1v) is 5.99. The lowest BCUT2D eigenvalue weighted by Crippen LogP contribution is -2.10. The highest BCUT2D eigenvalue weighted by Crippen LogP contribution is 2.39. The van der Waals surface area contributed by atoms with Gasteiger partial charge in [0.15, 0.2) is 0 Å². The lowest BCUT2D eigenvalue weighted by atomic mass is 10.0. The van der Waals surface area contributed by atoms with Crippen LogP contribution in [0, 0.1) is 0 Å². The zero-order valence-electron chi connectivity index (χ0n) is 9.70. The third kappa shape index (κ3) is 5.37. The molecule has 0 aromatic heterocycles. The number of phenolic OH excluding ortho intramolecular Hbond substituents is 1. The summed E-state index contributed by atoms with van der Waals surface area (Å²) in [6.45, 7) is 1.92. The Hall–Kier alpha value is -0.590. The van der Waals surface area contributed by atoms with Gasteiger partial charge in [-0.05, 0) is 36.4 Å². The van der Waals surface area contributed by atoms with Crippen molar-refractivity contribution in [1.82, 2.24) is 0 Å². The summed E-state index contributed by atoms with van der Waals surface area (Å²) in [4.78, 5) is 0.0388. The van der Waals surface area contributed by atoms with Crippen molar-refractivity contribution in [3.05, 3.63) is 23.8 Å². The Kier molecular flexibility index (Phi) is 6.88. The van der Waals surface area contributed by atoms with Gasteiger partial charge in [-0.2, -0.15) is 13.2 Å². The molecule has 1 aromatic carbocycles. The largest absolute Gasteiger partial charge is 0.508 e. The van der Waals surface area contributed by atoms with E-state index >= 15 is 0 Å². The minimum atomic E-state index is -4.33. The molecule has 0 spiro atoms. The molecule has 2 nitrogen and oxygen atoms in total. The van der Waals surface area contributed by atoms with Crippen molar-refractivity contribution >= 4 is 24.2 Å². The molecule has 18 heavy (non-hydrogen) atoms. The first kappa shape index (κ1) is 17.4. The van der Waals surface area contributed by atoms with Crippen LogP contribution in [0.4, 0.5) is 13.2 Å². The number of aromatic hydroxyl groups is 1. The average Bonchev–Trinajstić information content (AvgIpc) is 2.19. The van der Waals surface area contributed by atoms with Crippen LogP contribution in [0.1, 0.15) is 31.4 Å². The van der Waals surface area contributed by atoms with Crippen LogP contribution in [0.5, 0.6) is 5.75 Å². The van der Waals surface area contributed by atoms with E-state index in [9.17, 15) is 18.3 Å². The molecule has 0 saturated carbocycles. The van der Waals surface area contributed by atoms with Crippen LogP contribution in [-0.4, -0.2) is 10.6 Å². The molecule has 0 unspecified atom stereocenters. The number of benzene rings is 1. The van der Waals surface area contributed by atoms with Gasteiger partial charge in [0.05, 0.1) is 0 Å². The van der Waals surface area contributed by atoms with Crippen molar-refractivity contribution in [1.29, 1.82) is 0 Å². The van der Waals surface area contributed by atoms with E-state index in [2.05, 4.69) is 0 Å². The molecule has 0 radical (unpaired) electrons. The quantitative estimate of drug-likeness (QED) is 0.818. The molecule has 0 aliphatic heterocycles. The summed E-state index contributed by atoms with van der Waals surface area (Å²) in [7, 11) is 0. The van der Waals surface area contributed by atoms with Crippen LogP contribution >= 0.6 is 24.2 Å². The second-order valence-corrected chi connectivity index (χ2v) is 4.80. The maximum absolute atomic E-state index is 12.2. The van der Waals surface area contributed by atoms with Crippen molar-refractivity contribution < 1.29 is 18.3 Å². The standard InChI is InChI=1S/C11H14F3NOS.ClH/c1-2-3-9(15)8-6-7(4-5-10(8)16)17-11(12,13)14;/h4-6,9,16H,2-3,15H2,1H3;1H/t9-;/m0./s1. The Balaban J connectivity index is 0.00000289. The lowest BCUT2D eigenvalue weighted by Gasteiger charge is -2.14. The molecular formula is C11H15ClF3NOS. The van der Waals surface area contributed by atoms with Crippen LogP contribution in [-0.2, 0) is 0 Å². The zero-order chi connectivity index (χ0) is 13.1. The number of rotatable bonds is 4. The fraction of sp³-hybridized carbons (Fsp3) is 0.455. The molecule has 0 aliphatic rings. The zero-order valence-corrected chi connectivity index (χ0v) is 11.3. The number of nitrogens with two attached hydrogens (primary N) is 1. The number of halogens is 4. The van der Waals surface area contributed by atoms with Gasteiger partial charge in [0, 0.05) is 16.5 Å². The van der Waals surface area contributed by atoms with Crippen LogP contribution in [0.15, 0.2) is 23.1 Å². The Morgan fingerprint density at radius 2 is 2.00 bits per heavy atom. The average molecular weight is 302 g/mol. The normalized spacial score (nSPS) is 12.9. The van der Waals surface area contributed by atoms with Gasteiger partial charge in [-0.3, -0.25) is 0 Å². The minimum Gasteiger partial charge on any atom is -0.508 e. The van der Waals surface area contributed by atoms with Crippen molar-refractivity contribution in [2.24, 2.45) is 5.73 Å². The molecule has 3 N–H and O–H groups in total. The summed E-state index contributed by atoms with van der Waals surface area (Å²) in [5.74, 6) is -0.0579. The number of thioether (sulfide) groups is 1. The summed E-state index contributed by atoms with van der Waals surface area (Å²) in [6, 6.07) is 3.34. The highest BCUT2D eigenvalue weighted by molar-refractivity contribution is 8.00. The smallest absolute Gasteiger partial charge is 0.446 e. The fourth-order valence-corrected chi connectivity index (χ4v) is 2.08. The molecule has 0 amide bonds. The summed E-state index contributed by atoms with van der Waals surface area (Å²) < 4.78 is 36.6. The first-order chi connectivity index (χ1) is 7.83. The van der Waals surface area contributed by atoms with E-state index in [4.69, 9.17) is 5.73 Å². The fourth-order valence-electron chi connectivity index (χ4n) is 1.49. The molecule has 0 heterocycles. The molecule has 0 aliphatic carbocycles. The molecule has 7 heteroatoms. The van der Waals surface area contributed by atoms with Crippen LogP contribution in [0.3, 0.4) is 0 Å². The third-order valence-corrected chi connectivity index (χ3v) is 2.95. The predicted octanol–water partition coefficient (Wildman–Crippen LogP) is 4.23. The molecule has 1 atom stereocenters. The van der Waals surface area contributed by atoms with Gasteiger partial charge >= 0.3 is 5.51 Å². The topological polar surface area (TPSA) is 46.2 Å². The summed E-state index contributed by atoms with van der Waals surface area (Å²) in [5, 5.41) is 9.56. The summed E-state index contributed by atoms with van der Waals surface area (Å²) in [5.41, 5.74) is 1.82. The van der Waals surface area contributed by atoms with Crippen molar-refractivity contribution in [2.45, 2.75) is 36.2 Å². The number of alkyl halides is 3. The van der Waals surface area contributed by atoms with E-state index < -0.39 is 11.6 Å².